The quantitative estimate of drug-likeness (QED) is 0.670. The number of aromatic nitrogens is 2. The monoisotopic (exact) mass is 369 g/mol. The third-order valence-electron chi connectivity index (χ3n) is 4.33. The molecule has 0 aliphatic heterocycles. The minimum Gasteiger partial charge on any atom is -0.340 e. The maximum atomic E-state index is 12.6. The Labute approximate surface area is 157 Å². The zero-order valence-electron chi connectivity index (χ0n) is 14.6. The lowest BCUT2D eigenvalue weighted by atomic mass is 9.98. The van der Waals surface area contributed by atoms with Crippen LogP contribution < -0.4 is 5.32 Å². The minimum atomic E-state index is -0.367. The van der Waals surface area contributed by atoms with Gasteiger partial charge in [-0.1, -0.05) is 67.4 Å². The molecule has 6 heteroatoms. The number of carbonyl (C=O) groups excluding carboxylic acids is 1. The molecule has 0 bridgehead atoms. The molecule has 5 nitrogen and oxygen atoms in total. The molecule has 0 aliphatic carbocycles. The molecule has 2 atom stereocenters. The van der Waals surface area contributed by atoms with Crippen LogP contribution in [-0.2, 0) is 0 Å². The van der Waals surface area contributed by atoms with Gasteiger partial charge in [0.25, 0.3) is 5.91 Å². The van der Waals surface area contributed by atoms with Crippen LogP contribution >= 0.6 is 11.6 Å². The van der Waals surface area contributed by atoms with E-state index in [1.165, 1.54) is 0 Å². The van der Waals surface area contributed by atoms with Gasteiger partial charge in [-0.2, -0.15) is 4.98 Å². The van der Waals surface area contributed by atoms with Crippen molar-refractivity contribution in [2.24, 2.45) is 5.92 Å². The molecular formula is C20H20ClN3O2. The number of halogens is 1. The Bertz CT molecular complexity index is 880. The van der Waals surface area contributed by atoms with E-state index in [-0.39, 0.29) is 17.9 Å². The Kier molecular flexibility index (Phi) is 5.68. The van der Waals surface area contributed by atoms with E-state index in [1.54, 1.807) is 24.3 Å². The average molecular weight is 370 g/mol. The fraction of sp³-hybridized carbons (Fsp3) is 0.250. The van der Waals surface area contributed by atoms with Crippen molar-refractivity contribution >= 4 is 17.5 Å². The Balaban J connectivity index is 1.86. The molecule has 0 saturated carbocycles. The molecule has 0 fully saturated rings. The van der Waals surface area contributed by atoms with E-state index in [9.17, 15) is 4.79 Å². The average Bonchev–Trinajstić information content (AvgIpc) is 3.16. The smallest absolute Gasteiger partial charge is 0.251 e. The van der Waals surface area contributed by atoms with Crippen molar-refractivity contribution < 1.29 is 9.32 Å². The second kappa shape index (κ2) is 8.15. The Morgan fingerprint density at radius 3 is 2.65 bits per heavy atom. The molecule has 1 heterocycles. The van der Waals surface area contributed by atoms with Gasteiger partial charge in [0.2, 0.25) is 11.7 Å². The van der Waals surface area contributed by atoms with Gasteiger partial charge in [0.1, 0.15) is 6.04 Å². The molecule has 0 aliphatic rings. The molecule has 0 radical (unpaired) electrons. The molecular weight excluding hydrogens is 350 g/mol. The number of carbonyl (C=O) groups is 1. The van der Waals surface area contributed by atoms with Gasteiger partial charge in [-0.25, -0.2) is 0 Å². The van der Waals surface area contributed by atoms with Crippen LogP contribution in [0.15, 0.2) is 59.1 Å². The van der Waals surface area contributed by atoms with E-state index in [2.05, 4.69) is 22.4 Å². The SMILES string of the molecule is CC[C@H](C)[C@@H](NC(=O)c1ccccc1)c1nc(-c2cccc(Cl)c2)no1. The lowest BCUT2D eigenvalue weighted by Crippen LogP contribution is -2.32. The van der Waals surface area contributed by atoms with Crippen molar-refractivity contribution in [3.05, 3.63) is 71.1 Å². The maximum absolute atomic E-state index is 12.6. The first-order chi connectivity index (χ1) is 12.6. The van der Waals surface area contributed by atoms with Crippen LogP contribution in [0.3, 0.4) is 0 Å². The largest absolute Gasteiger partial charge is 0.340 e. The van der Waals surface area contributed by atoms with Crippen LogP contribution in [0.1, 0.15) is 42.6 Å². The highest BCUT2D eigenvalue weighted by atomic mass is 35.5. The molecule has 2 aromatic carbocycles. The lowest BCUT2D eigenvalue weighted by Gasteiger charge is -2.20. The van der Waals surface area contributed by atoms with Crippen LogP contribution in [0.2, 0.25) is 5.02 Å². The van der Waals surface area contributed by atoms with Crippen molar-refractivity contribution in [1.82, 2.24) is 15.5 Å². The zero-order chi connectivity index (χ0) is 18.5. The molecule has 0 spiro atoms. The van der Waals surface area contributed by atoms with Crippen molar-refractivity contribution in [2.45, 2.75) is 26.3 Å². The van der Waals surface area contributed by atoms with E-state index in [4.69, 9.17) is 16.1 Å². The lowest BCUT2D eigenvalue weighted by molar-refractivity contribution is 0.0910. The summed E-state index contributed by atoms with van der Waals surface area (Å²) in [5, 5.41) is 7.67. The second-order valence-corrected chi connectivity index (χ2v) is 6.61. The van der Waals surface area contributed by atoms with Gasteiger partial charge in [-0.3, -0.25) is 4.79 Å². The summed E-state index contributed by atoms with van der Waals surface area (Å²) in [6.45, 7) is 4.10. The number of rotatable bonds is 6. The van der Waals surface area contributed by atoms with Gasteiger partial charge in [0, 0.05) is 16.1 Å². The predicted octanol–water partition coefficient (Wildman–Crippen LogP) is 4.91. The maximum Gasteiger partial charge on any atom is 0.251 e. The van der Waals surface area contributed by atoms with Gasteiger partial charge in [0.15, 0.2) is 0 Å². The molecule has 26 heavy (non-hydrogen) atoms. The van der Waals surface area contributed by atoms with Crippen molar-refractivity contribution in [2.75, 3.05) is 0 Å². The third kappa shape index (κ3) is 4.11. The number of hydrogen-bond donors (Lipinski definition) is 1. The fourth-order valence-electron chi connectivity index (χ4n) is 2.60. The summed E-state index contributed by atoms with van der Waals surface area (Å²) in [5.74, 6) is 0.803. The van der Waals surface area contributed by atoms with Crippen LogP contribution in [0, 0.1) is 5.92 Å². The molecule has 1 N–H and O–H groups in total. The molecule has 3 rings (SSSR count). The normalized spacial score (nSPS) is 13.2. The molecule has 3 aromatic rings. The number of benzene rings is 2. The fourth-order valence-corrected chi connectivity index (χ4v) is 2.79. The molecule has 134 valence electrons. The van der Waals surface area contributed by atoms with Crippen LogP contribution in [0.25, 0.3) is 11.4 Å². The van der Waals surface area contributed by atoms with Crippen molar-refractivity contribution in [3.8, 4) is 11.4 Å². The highest BCUT2D eigenvalue weighted by molar-refractivity contribution is 6.30. The second-order valence-electron chi connectivity index (χ2n) is 6.17. The predicted molar refractivity (Wildman–Crippen MR) is 101 cm³/mol. The summed E-state index contributed by atoms with van der Waals surface area (Å²) in [7, 11) is 0. The standard InChI is InChI=1S/C20H20ClN3O2/c1-3-13(2)17(22-19(25)14-8-5-4-6-9-14)20-23-18(24-26-20)15-10-7-11-16(21)12-15/h4-13,17H,3H2,1-2H3,(H,22,25)/t13-,17+/m0/s1. The van der Waals surface area contributed by atoms with Crippen molar-refractivity contribution in [1.29, 1.82) is 0 Å². The van der Waals surface area contributed by atoms with Crippen molar-refractivity contribution in [3.63, 3.8) is 0 Å². The van der Waals surface area contributed by atoms with Crippen LogP contribution in [-0.4, -0.2) is 16.0 Å². The van der Waals surface area contributed by atoms with E-state index in [0.717, 1.165) is 12.0 Å². The number of nitrogens with one attached hydrogen (secondary N) is 1. The summed E-state index contributed by atoms with van der Waals surface area (Å²) in [4.78, 5) is 17.0. The topological polar surface area (TPSA) is 68.0 Å². The molecule has 1 amide bonds. The van der Waals surface area contributed by atoms with Crippen LogP contribution in [0.4, 0.5) is 0 Å². The summed E-state index contributed by atoms with van der Waals surface area (Å²) >= 11 is 6.03. The summed E-state index contributed by atoms with van der Waals surface area (Å²) in [6, 6.07) is 16.0. The highest BCUT2D eigenvalue weighted by Gasteiger charge is 2.26. The van der Waals surface area contributed by atoms with E-state index in [0.29, 0.717) is 22.3 Å². The molecule has 1 aromatic heterocycles. The Morgan fingerprint density at radius 2 is 1.96 bits per heavy atom. The Morgan fingerprint density at radius 1 is 1.19 bits per heavy atom. The summed E-state index contributed by atoms with van der Waals surface area (Å²) in [6.07, 6.45) is 0.856. The first-order valence-corrected chi connectivity index (χ1v) is 8.91. The van der Waals surface area contributed by atoms with Gasteiger partial charge >= 0.3 is 0 Å². The van der Waals surface area contributed by atoms with E-state index in [1.807, 2.05) is 37.3 Å². The number of nitrogens with zero attached hydrogens (tertiary/aromatic N) is 2. The first kappa shape index (κ1) is 18.1. The van der Waals surface area contributed by atoms with Gasteiger partial charge in [-0.05, 0) is 30.2 Å². The van der Waals surface area contributed by atoms with Gasteiger partial charge in [-0.15, -0.1) is 0 Å². The first-order valence-electron chi connectivity index (χ1n) is 8.54. The molecule has 0 unspecified atom stereocenters. The van der Waals surface area contributed by atoms with Crippen LogP contribution in [0.5, 0.6) is 0 Å². The summed E-state index contributed by atoms with van der Waals surface area (Å²) in [5.41, 5.74) is 1.36. The highest BCUT2D eigenvalue weighted by Crippen LogP contribution is 2.27. The third-order valence-corrected chi connectivity index (χ3v) is 4.56. The van der Waals surface area contributed by atoms with E-state index < -0.39 is 0 Å². The number of hydrogen-bond acceptors (Lipinski definition) is 4. The minimum absolute atomic E-state index is 0.135. The summed E-state index contributed by atoms with van der Waals surface area (Å²) < 4.78 is 5.46. The Hall–Kier alpha value is -2.66. The van der Waals surface area contributed by atoms with Gasteiger partial charge in [0.05, 0.1) is 0 Å². The molecule has 0 saturated heterocycles. The van der Waals surface area contributed by atoms with E-state index >= 15 is 0 Å². The van der Waals surface area contributed by atoms with Gasteiger partial charge < -0.3 is 9.84 Å². The zero-order valence-corrected chi connectivity index (χ0v) is 15.4. The number of amides is 1.